The summed E-state index contributed by atoms with van der Waals surface area (Å²) in [6, 6.07) is 4.74. The number of hydrogen-bond donors (Lipinski definition) is 0. The van der Waals surface area contributed by atoms with Gasteiger partial charge in [0.2, 0.25) is 0 Å². The number of rotatable bonds is 3. The van der Waals surface area contributed by atoms with E-state index in [-0.39, 0.29) is 11.8 Å². The largest absolute Gasteiger partial charge is 0.292 e. The van der Waals surface area contributed by atoms with Crippen molar-refractivity contribution in [1.29, 1.82) is 0 Å². The molecule has 1 aliphatic heterocycles. The van der Waals surface area contributed by atoms with Gasteiger partial charge in [-0.3, -0.25) is 4.90 Å². The zero-order valence-electron chi connectivity index (χ0n) is 10.7. The molecule has 0 spiro atoms. The number of aromatic nitrogens is 2. The maximum atomic E-state index is 12.2. The van der Waals surface area contributed by atoms with Crippen LogP contribution in [0, 0.1) is 0 Å². The van der Waals surface area contributed by atoms with Crippen molar-refractivity contribution in [2.45, 2.75) is 17.5 Å². The van der Waals surface area contributed by atoms with Gasteiger partial charge in [0.25, 0.3) is 0 Å². The molecule has 20 heavy (non-hydrogen) atoms. The van der Waals surface area contributed by atoms with Crippen LogP contribution in [0.15, 0.2) is 28.5 Å². The van der Waals surface area contributed by atoms with E-state index in [1.165, 1.54) is 11.5 Å². The molecule has 0 amide bonds. The average molecular weight is 330 g/mol. The van der Waals surface area contributed by atoms with E-state index in [0.29, 0.717) is 16.5 Å². The van der Waals surface area contributed by atoms with Crippen molar-refractivity contribution in [2.24, 2.45) is 0 Å². The summed E-state index contributed by atoms with van der Waals surface area (Å²) in [6.45, 7) is 0.558. The summed E-state index contributed by atoms with van der Waals surface area (Å²) in [5.74, 6) is 0.0801. The molecule has 1 aliphatic rings. The van der Waals surface area contributed by atoms with E-state index in [4.69, 9.17) is 11.6 Å². The van der Waals surface area contributed by atoms with Crippen LogP contribution in [0.4, 0.5) is 0 Å². The summed E-state index contributed by atoms with van der Waals surface area (Å²) in [5.41, 5.74) is 1.61. The fourth-order valence-electron chi connectivity index (χ4n) is 2.43. The lowest BCUT2D eigenvalue weighted by molar-refractivity contribution is 0.254. The summed E-state index contributed by atoms with van der Waals surface area (Å²) in [6.07, 6.45) is 0. The second kappa shape index (κ2) is 5.07. The third kappa shape index (κ3) is 2.46. The van der Waals surface area contributed by atoms with Gasteiger partial charge < -0.3 is 0 Å². The first kappa shape index (κ1) is 13.9. The van der Waals surface area contributed by atoms with Gasteiger partial charge in [0, 0.05) is 16.9 Å². The molecule has 0 bridgehead atoms. The van der Waals surface area contributed by atoms with Crippen molar-refractivity contribution in [2.75, 3.05) is 12.8 Å². The quantitative estimate of drug-likeness (QED) is 0.863. The Morgan fingerprint density at radius 1 is 1.50 bits per heavy atom. The molecule has 1 aromatic carbocycles. The maximum Gasteiger partial charge on any atom is 0.180 e. The first-order valence-electron chi connectivity index (χ1n) is 5.96. The Kier molecular flexibility index (Phi) is 3.53. The minimum absolute atomic E-state index is 0.0801. The van der Waals surface area contributed by atoms with Crippen LogP contribution in [0.5, 0.6) is 0 Å². The van der Waals surface area contributed by atoms with Crippen molar-refractivity contribution < 1.29 is 8.42 Å². The van der Waals surface area contributed by atoms with Gasteiger partial charge in [-0.15, -0.1) is 5.10 Å². The van der Waals surface area contributed by atoms with Crippen LogP contribution < -0.4 is 0 Å². The second-order valence-electron chi connectivity index (χ2n) is 4.79. The lowest BCUT2D eigenvalue weighted by Crippen LogP contribution is -2.25. The molecule has 8 heteroatoms. The van der Waals surface area contributed by atoms with Crippen LogP contribution in [0.1, 0.15) is 17.3 Å². The third-order valence-electron chi connectivity index (χ3n) is 3.39. The lowest BCUT2D eigenvalue weighted by Gasteiger charge is -2.23. The molecule has 0 saturated heterocycles. The first-order valence-corrected chi connectivity index (χ1v) is 8.82. The zero-order chi connectivity index (χ0) is 14.3. The smallest absolute Gasteiger partial charge is 0.180 e. The summed E-state index contributed by atoms with van der Waals surface area (Å²) in [4.78, 5) is 2.35. The standard InChI is InChI=1S/C12H12ClN3O2S2/c1-16(5-9-6-19-15-14-9)11-7-20(17,18)12-3-2-8(13)4-10(11)12/h2-4,6,11H,5,7H2,1H3/t11-/m1/s1. The number of nitrogens with zero attached hydrogens (tertiary/aromatic N) is 3. The molecule has 0 aliphatic carbocycles. The predicted molar refractivity (Wildman–Crippen MR) is 77.6 cm³/mol. The van der Waals surface area contributed by atoms with Crippen molar-refractivity contribution in [3.63, 3.8) is 0 Å². The molecule has 1 atom stereocenters. The number of halogens is 1. The second-order valence-corrected chi connectivity index (χ2v) is 7.84. The molecule has 5 nitrogen and oxygen atoms in total. The predicted octanol–water partition coefficient (Wildman–Crippen LogP) is 2.15. The van der Waals surface area contributed by atoms with Crippen LogP contribution >= 0.6 is 23.1 Å². The molecule has 3 rings (SSSR count). The number of hydrogen-bond acceptors (Lipinski definition) is 6. The molecule has 1 aromatic heterocycles. The summed E-state index contributed by atoms with van der Waals surface area (Å²) < 4.78 is 28.2. The van der Waals surface area contributed by atoms with E-state index in [9.17, 15) is 8.42 Å². The summed E-state index contributed by atoms with van der Waals surface area (Å²) in [5, 5.41) is 6.40. The van der Waals surface area contributed by atoms with Crippen LogP contribution in [-0.2, 0) is 16.4 Å². The number of fused-ring (bicyclic) bond motifs is 1. The van der Waals surface area contributed by atoms with Crippen LogP contribution in [0.3, 0.4) is 0 Å². The molecule has 2 aromatic rings. The maximum absolute atomic E-state index is 12.2. The van der Waals surface area contributed by atoms with Crippen LogP contribution in [-0.4, -0.2) is 35.7 Å². The van der Waals surface area contributed by atoms with Gasteiger partial charge in [-0.25, -0.2) is 8.42 Å². The lowest BCUT2D eigenvalue weighted by atomic mass is 10.1. The topological polar surface area (TPSA) is 63.2 Å². The summed E-state index contributed by atoms with van der Waals surface area (Å²) in [7, 11) is -1.34. The van der Waals surface area contributed by atoms with Crippen molar-refractivity contribution in [3.8, 4) is 0 Å². The average Bonchev–Trinajstić information content (AvgIpc) is 2.96. The van der Waals surface area contributed by atoms with Crippen molar-refractivity contribution in [3.05, 3.63) is 39.9 Å². The van der Waals surface area contributed by atoms with E-state index in [2.05, 4.69) is 9.59 Å². The minimum atomic E-state index is -3.23. The number of benzene rings is 1. The van der Waals surface area contributed by atoms with Gasteiger partial charge in [0.05, 0.1) is 22.4 Å². The number of sulfone groups is 1. The third-order valence-corrected chi connectivity index (χ3v) is 5.98. The van der Waals surface area contributed by atoms with E-state index >= 15 is 0 Å². The molecule has 0 fully saturated rings. The normalized spacial score (nSPS) is 20.2. The fourth-order valence-corrected chi connectivity index (χ4v) is 4.92. The Morgan fingerprint density at radius 2 is 2.30 bits per heavy atom. The Bertz CT molecular complexity index is 731. The molecule has 0 saturated carbocycles. The van der Waals surface area contributed by atoms with Gasteiger partial charge in [-0.2, -0.15) is 0 Å². The van der Waals surface area contributed by atoms with Crippen LogP contribution in [0.25, 0.3) is 0 Å². The highest BCUT2D eigenvalue weighted by Crippen LogP contribution is 2.38. The van der Waals surface area contributed by atoms with Gasteiger partial charge >= 0.3 is 0 Å². The molecule has 0 N–H and O–H groups in total. The highest BCUT2D eigenvalue weighted by atomic mass is 35.5. The summed E-state index contributed by atoms with van der Waals surface area (Å²) >= 11 is 7.28. The van der Waals surface area contributed by atoms with E-state index in [0.717, 1.165) is 11.3 Å². The molecular weight excluding hydrogens is 318 g/mol. The Morgan fingerprint density at radius 3 is 3.00 bits per heavy atom. The SMILES string of the molecule is CN(Cc1csnn1)[C@@H]1CS(=O)(=O)c2ccc(Cl)cc21. The Balaban J connectivity index is 1.94. The van der Waals surface area contributed by atoms with E-state index in [1.807, 2.05) is 17.3 Å². The molecule has 106 valence electrons. The highest BCUT2D eigenvalue weighted by Gasteiger charge is 2.37. The van der Waals surface area contributed by atoms with E-state index in [1.54, 1.807) is 18.2 Å². The van der Waals surface area contributed by atoms with Gasteiger partial charge in [-0.1, -0.05) is 16.1 Å². The molecule has 2 heterocycles. The zero-order valence-corrected chi connectivity index (χ0v) is 13.0. The van der Waals surface area contributed by atoms with Crippen LogP contribution in [0.2, 0.25) is 5.02 Å². The van der Waals surface area contributed by atoms with Crippen molar-refractivity contribution >= 4 is 33.0 Å². The monoisotopic (exact) mass is 329 g/mol. The van der Waals surface area contributed by atoms with Gasteiger partial charge in [-0.05, 0) is 42.3 Å². The molecule has 0 radical (unpaired) electrons. The molecular formula is C12H12ClN3O2S2. The van der Waals surface area contributed by atoms with Gasteiger partial charge in [0.1, 0.15) is 0 Å². The van der Waals surface area contributed by atoms with Gasteiger partial charge in [0.15, 0.2) is 9.84 Å². The molecule has 0 unspecified atom stereocenters. The van der Waals surface area contributed by atoms with E-state index < -0.39 is 9.84 Å². The van der Waals surface area contributed by atoms with Crippen molar-refractivity contribution in [1.82, 2.24) is 14.5 Å². The fraction of sp³-hybridized carbons (Fsp3) is 0.333. The Labute approximate surface area is 126 Å². The minimum Gasteiger partial charge on any atom is -0.292 e. The first-order chi connectivity index (χ1) is 9.47. The Hall–Kier alpha value is -1.02. The highest BCUT2D eigenvalue weighted by molar-refractivity contribution is 7.91.